The molecule has 4 nitrogen and oxygen atoms in total. The van der Waals surface area contributed by atoms with E-state index in [0.29, 0.717) is 11.3 Å². The Balaban J connectivity index is 1.99. The van der Waals surface area contributed by atoms with Crippen molar-refractivity contribution in [2.75, 3.05) is 6.61 Å². The first-order valence-corrected chi connectivity index (χ1v) is 5.26. The van der Waals surface area contributed by atoms with E-state index in [1.165, 1.54) is 6.07 Å². The number of hydrogen-bond acceptors (Lipinski definition) is 4. The van der Waals surface area contributed by atoms with Crippen LogP contribution in [-0.4, -0.2) is 21.8 Å². The number of aliphatic hydroxyl groups excluding tert-OH is 1. The third-order valence-electron chi connectivity index (χ3n) is 2.34. The van der Waals surface area contributed by atoms with Crippen molar-refractivity contribution in [3.8, 4) is 11.5 Å². The minimum absolute atomic E-state index is 0.0646. The van der Waals surface area contributed by atoms with E-state index in [1.807, 2.05) is 0 Å². The predicted molar refractivity (Wildman–Crippen MR) is 62.8 cm³/mol. The van der Waals surface area contributed by atoms with Crippen molar-refractivity contribution in [2.45, 2.75) is 6.10 Å². The lowest BCUT2D eigenvalue weighted by molar-refractivity contribution is 0.105. The molecule has 0 radical (unpaired) electrons. The van der Waals surface area contributed by atoms with E-state index in [-0.39, 0.29) is 12.4 Å². The fourth-order valence-electron chi connectivity index (χ4n) is 1.47. The van der Waals surface area contributed by atoms with Gasteiger partial charge in [0.1, 0.15) is 24.2 Å². The van der Waals surface area contributed by atoms with Gasteiger partial charge in [0, 0.05) is 11.8 Å². The second-order valence-electron chi connectivity index (χ2n) is 3.57. The highest BCUT2D eigenvalue weighted by molar-refractivity contribution is 5.33. The molecule has 1 atom stereocenters. The lowest BCUT2D eigenvalue weighted by Gasteiger charge is -2.13. The molecule has 1 unspecified atom stereocenters. The zero-order valence-corrected chi connectivity index (χ0v) is 9.15. The first kappa shape index (κ1) is 11.4. The monoisotopic (exact) mass is 231 g/mol. The van der Waals surface area contributed by atoms with Crippen molar-refractivity contribution >= 4 is 0 Å². The zero-order chi connectivity index (χ0) is 12.1. The van der Waals surface area contributed by atoms with Gasteiger partial charge >= 0.3 is 0 Å². The highest BCUT2D eigenvalue weighted by Crippen LogP contribution is 2.24. The fraction of sp³-hybridized carbons (Fsp3) is 0.154. The largest absolute Gasteiger partial charge is 0.508 e. The van der Waals surface area contributed by atoms with Crippen molar-refractivity contribution in [3.05, 3.63) is 54.4 Å². The minimum Gasteiger partial charge on any atom is -0.508 e. The van der Waals surface area contributed by atoms with E-state index in [0.717, 1.165) is 0 Å². The maximum absolute atomic E-state index is 9.86. The molecule has 0 aliphatic rings. The van der Waals surface area contributed by atoms with Gasteiger partial charge in [0.05, 0.1) is 6.20 Å². The summed E-state index contributed by atoms with van der Waals surface area (Å²) in [6.07, 6.45) is 2.35. The van der Waals surface area contributed by atoms with Gasteiger partial charge in [-0.15, -0.1) is 0 Å². The second kappa shape index (κ2) is 5.32. The van der Waals surface area contributed by atoms with Crippen LogP contribution in [0.5, 0.6) is 11.5 Å². The number of aliphatic hydroxyl groups is 1. The Labute approximate surface area is 99.1 Å². The van der Waals surface area contributed by atoms with Crippen molar-refractivity contribution in [3.63, 3.8) is 0 Å². The molecule has 0 aliphatic carbocycles. The summed E-state index contributed by atoms with van der Waals surface area (Å²) in [5.74, 6) is 0.650. The van der Waals surface area contributed by atoms with Gasteiger partial charge in [-0.2, -0.15) is 0 Å². The standard InChI is InChI=1S/C13H13NO3/c15-12-6-2-1-5-11(12)13(16)9-17-10-4-3-7-14-8-10/h1-8,13,15-16H,9H2. The van der Waals surface area contributed by atoms with E-state index in [2.05, 4.69) is 4.98 Å². The van der Waals surface area contributed by atoms with Crippen LogP contribution in [-0.2, 0) is 0 Å². The number of pyridine rings is 1. The van der Waals surface area contributed by atoms with Crippen LogP contribution in [0.25, 0.3) is 0 Å². The summed E-state index contributed by atoms with van der Waals surface area (Å²) >= 11 is 0. The third kappa shape index (κ3) is 2.95. The summed E-state index contributed by atoms with van der Waals surface area (Å²) in [4.78, 5) is 3.90. The molecule has 0 aliphatic heterocycles. The number of nitrogens with zero attached hydrogens (tertiary/aromatic N) is 1. The van der Waals surface area contributed by atoms with Crippen LogP contribution in [0.15, 0.2) is 48.8 Å². The number of phenols is 1. The summed E-state index contributed by atoms with van der Waals surface area (Å²) in [7, 11) is 0. The Morgan fingerprint density at radius 3 is 2.71 bits per heavy atom. The number of aromatic hydroxyl groups is 1. The maximum atomic E-state index is 9.86. The molecule has 0 amide bonds. The molecule has 0 bridgehead atoms. The Bertz CT molecular complexity index is 473. The second-order valence-corrected chi connectivity index (χ2v) is 3.57. The van der Waals surface area contributed by atoms with Crippen LogP contribution >= 0.6 is 0 Å². The molecule has 4 heteroatoms. The SMILES string of the molecule is Oc1ccccc1C(O)COc1cccnc1. The van der Waals surface area contributed by atoms with E-state index < -0.39 is 6.10 Å². The van der Waals surface area contributed by atoms with Crippen LogP contribution in [0.1, 0.15) is 11.7 Å². The van der Waals surface area contributed by atoms with E-state index in [9.17, 15) is 10.2 Å². The lowest BCUT2D eigenvalue weighted by Crippen LogP contribution is -2.09. The van der Waals surface area contributed by atoms with E-state index in [1.54, 1.807) is 42.7 Å². The van der Waals surface area contributed by atoms with Gasteiger partial charge in [-0.3, -0.25) is 4.98 Å². The van der Waals surface area contributed by atoms with E-state index in [4.69, 9.17) is 4.74 Å². The molecular weight excluding hydrogens is 218 g/mol. The highest BCUT2D eigenvalue weighted by atomic mass is 16.5. The first-order chi connectivity index (χ1) is 8.27. The topological polar surface area (TPSA) is 62.6 Å². The average Bonchev–Trinajstić information content (AvgIpc) is 2.38. The summed E-state index contributed by atoms with van der Waals surface area (Å²) in [6, 6.07) is 10.2. The number of para-hydroxylation sites is 1. The van der Waals surface area contributed by atoms with Crippen molar-refractivity contribution in [1.29, 1.82) is 0 Å². The van der Waals surface area contributed by atoms with Gasteiger partial charge in [-0.05, 0) is 18.2 Å². The zero-order valence-electron chi connectivity index (χ0n) is 9.15. The van der Waals surface area contributed by atoms with Gasteiger partial charge in [-0.1, -0.05) is 18.2 Å². The molecule has 1 aromatic heterocycles. The number of benzene rings is 1. The Kier molecular flexibility index (Phi) is 3.57. The van der Waals surface area contributed by atoms with Crippen molar-refractivity contribution in [2.24, 2.45) is 0 Å². The Morgan fingerprint density at radius 2 is 2.00 bits per heavy atom. The molecule has 2 N–H and O–H groups in total. The normalized spacial score (nSPS) is 12.1. The number of rotatable bonds is 4. The molecule has 2 rings (SSSR count). The third-order valence-corrected chi connectivity index (χ3v) is 2.34. The van der Waals surface area contributed by atoms with Gasteiger partial charge < -0.3 is 14.9 Å². The van der Waals surface area contributed by atoms with Gasteiger partial charge in [0.15, 0.2) is 0 Å². The van der Waals surface area contributed by atoms with Crippen LogP contribution in [0.2, 0.25) is 0 Å². The van der Waals surface area contributed by atoms with Crippen LogP contribution in [0.3, 0.4) is 0 Å². The number of ether oxygens (including phenoxy) is 1. The van der Waals surface area contributed by atoms with Gasteiger partial charge in [0.2, 0.25) is 0 Å². The number of aromatic nitrogens is 1. The minimum atomic E-state index is -0.864. The summed E-state index contributed by atoms with van der Waals surface area (Å²) in [5, 5.41) is 19.4. The van der Waals surface area contributed by atoms with Crippen LogP contribution in [0.4, 0.5) is 0 Å². The molecule has 17 heavy (non-hydrogen) atoms. The molecule has 1 heterocycles. The molecule has 2 aromatic rings. The van der Waals surface area contributed by atoms with Gasteiger partial charge in [-0.25, -0.2) is 0 Å². The van der Waals surface area contributed by atoms with Gasteiger partial charge in [0.25, 0.3) is 0 Å². The van der Waals surface area contributed by atoms with Crippen molar-refractivity contribution < 1.29 is 14.9 Å². The molecular formula is C13H13NO3. The quantitative estimate of drug-likeness (QED) is 0.843. The fourth-order valence-corrected chi connectivity index (χ4v) is 1.47. The Morgan fingerprint density at radius 1 is 1.18 bits per heavy atom. The molecule has 0 saturated heterocycles. The summed E-state index contributed by atoms with van der Waals surface area (Å²) in [5.41, 5.74) is 0.455. The lowest BCUT2D eigenvalue weighted by atomic mass is 10.1. The summed E-state index contributed by atoms with van der Waals surface area (Å²) < 4.78 is 5.35. The molecule has 0 saturated carbocycles. The van der Waals surface area contributed by atoms with Crippen LogP contribution < -0.4 is 4.74 Å². The maximum Gasteiger partial charge on any atom is 0.137 e. The van der Waals surface area contributed by atoms with Crippen molar-refractivity contribution in [1.82, 2.24) is 4.98 Å². The molecule has 0 fully saturated rings. The predicted octanol–water partition coefficient (Wildman–Crippen LogP) is 1.90. The molecule has 88 valence electrons. The molecule has 1 aromatic carbocycles. The van der Waals surface area contributed by atoms with E-state index >= 15 is 0 Å². The highest BCUT2D eigenvalue weighted by Gasteiger charge is 2.12. The number of phenolic OH excluding ortho intramolecular Hbond substituents is 1. The molecule has 0 spiro atoms. The first-order valence-electron chi connectivity index (χ1n) is 5.26. The summed E-state index contributed by atoms with van der Waals surface area (Å²) in [6.45, 7) is 0.0727. The smallest absolute Gasteiger partial charge is 0.137 e. The average molecular weight is 231 g/mol. The van der Waals surface area contributed by atoms with Crippen LogP contribution in [0, 0.1) is 0 Å². The Hall–Kier alpha value is -2.07. The number of hydrogen-bond donors (Lipinski definition) is 2.